The first-order valence-corrected chi connectivity index (χ1v) is 13.1. The molecule has 1 aliphatic rings. The number of piperidine rings is 1. The highest BCUT2D eigenvalue weighted by Gasteiger charge is 2.33. The van der Waals surface area contributed by atoms with Crippen molar-refractivity contribution in [2.75, 3.05) is 18.8 Å². The molecule has 0 spiro atoms. The zero-order valence-corrected chi connectivity index (χ0v) is 20.6. The standard InChI is InChI=1S/C21H25BrF2N4O5S/c22-18-11-15(23)12-19(24)21(18)33-17-5-9-27(10-6-17)34(31,32)13-16(28(30)14-29)3-1-4-20-25-7-2-8-26-20/h2,7-8,11-12,14,16-17,30H,1,3-6,9-10,13H2. The van der Waals surface area contributed by atoms with Crippen LogP contribution in [0.25, 0.3) is 0 Å². The molecule has 9 nitrogen and oxygen atoms in total. The van der Waals surface area contributed by atoms with Crippen LogP contribution in [-0.2, 0) is 21.2 Å². The van der Waals surface area contributed by atoms with Gasteiger partial charge in [-0.1, -0.05) is 0 Å². The van der Waals surface area contributed by atoms with E-state index in [-0.39, 0.29) is 36.1 Å². The number of rotatable bonds is 11. The molecule has 186 valence electrons. The summed E-state index contributed by atoms with van der Waals surface area (Å²) in [6.45, 7) is 0.259. The summed E-state index contributed by atoms with van der Waals surface area (Å²) in [5, 5.41) is 10.3. The van der Waals surface area contributed by atoms with Crippen molar-refractivity contribution in [3.05, 3.63) is 52.5 Å². The molecule has 1 amide bonds. The molecule has 0 aliphatic carbocycles. The van der Waals surface area contributed by atoms with Gasteiger partial charge in [-0.25, -0.2) is 36.5 Å². The second kappa shape index (κ2) is 12.0. The topological polar surface area (TPSA) is 113 Å². The number of ether oxygens (including phenoxy) is 1. The van der Waals surface area contributed by atoms with Crippen molar-refractivity contribution >= 4 is 32.4 Å². The lowest BCUT2D eigenvalue weighted by Crippen LogP contribution is -2.47. The SMILES string of the molecule is O=CN(O)C(CCCc1ncccn1)CS(=O)(=O)N1CCC(Oc2c(F)cc(F)cc2Br)CC1. The summed E-state index contributed by atoms with van der Waals surface area (Å²) in [7, 11) is -3.80. The summed E-state index contributed by atoms with van der Waals surface area (Å²) < 4.78 is 60.3. The van der Waals surface area contributed by atoms with Crippen molar-refractivity contribution < 1.29 is 31.9 Å². The first-order valence-electron chi connectivity index (χ1n) is 10.7. The molecule has 0 radical (unpaired) electrons. The predicted molar refractivity (Wildman–Crippen MR) is 122 cm³/mol. The second-order valence-electron chi connectivity index (χ2n) is 7.89. The third-order valence-corrected chi connectivity index (χ3v) is 8.03. The van der Waals surface area contributed by atoms with Gasteiger partial charge in [0.15, 0.2) is 11.6 Å². The van der Waals surface area contributed by atoms with Crippen molar-refractivity contribution in [3.63, 3.8) is 0 Å². The first kappa shape index (κ1) is 26.4. The third-order valence-electron chi connectivity index (χ3n) is 5.48. The van der Waals surface area contributed by atoms with Crippen molar-refractivity contribution in [2.45, 2.75) is 44.2 Å². The molecule has 1 saturated heterocycles. The summed E-state index contributed by atoms with van der Waals surface area (Å²) in [5.41, 5.74) is 0. The van der Waals surface area contributed by atoms with E-state index in [2.05, 4.69) is 25.9 Å². The smallest absolute Gasteiger partial charge is 0.233 e. The van der Waals surface area contributed by atoms with E-state index in [1.165, 1.54) is 4.31 Å². The van der Waals surface area contributed by atoms with E-state index in [1.807, 2.05) is 0 Å². The minimum absolute atomic E-state index is 0.118. The average molecular weight is 563 g/mol. The summed E-state index contributed by atoms with van der Waals surface area (Å²) >= 11 is 3.08. The van der Waals surface area contributed by atoms with E-state index in [1.54, 1.807) is 18.5 Å². The largest absolute Gasteiger partial charge is 0.486 e. The van der Waals surface area contributed by atoms with Crippen LogP contribution in [0.2, 0.25) is 0 Å². The zero-order valence-electron chi connectivity index (χ0n) is 18.2. The van der Waals surface area contributed by atoms with Gasteiger partial charge in [-0.05, 0) is 53.7 Å². The van der Waals surface area contributed by atoms with E-state index in [0.29, 0.717) is 36.6 Å². The van der Waals surface area contributed by atoms with Crippen molar-refractivity contribution in [1.29, 1.82) is 0 Å². The lowest BCUT2D eigenvalue weighted by molar-refractivity contribution is -0.158. The molecule has 2 aromatic rings. The lowest BCUT2D eigenvalue weighted by Gasteiger charge is -2.33. The van der Waals surface area contributed by atoms with Crippen LogP contribution >= 0.6 is 15.9 Å². The maximum atomic E-state index is 14.0. The monoisotopic (exact) mass is 562 g/mol. The van der Waals surface area contributed by atoms with E-state index in [4.69, 9.17) is 4.74 Å². The summed E-state index contributed by atoms with van der Waals surface area (Å²) in [4.78, 5) is 19.3. The predicted octanol–water partition coefficient (Wildman–Crippen LogP) is 2.93. The summed E-state index contributed by atoms with van der Waals surface area (Å²) in [6, 6.07) is 2.57. The fourth-order valence-electron chi connectivity index (χ4n) is 3.72. The summed E-state index contributed by atoms with van der Waals surface area (Å²) in [6.07, 6.45) is 4.73. The third kappa shape index (κ3) is 7.14. The van der Waals surface area contributed by atoms with Crippen LogP contribution in [0.4, 0.5) is 8.78 Å². The maximum absolute atomic E-state index is 14.0. The van der Waals surface area contributed by atoms with Crippen molar-refractivity contribution in [3.8, 4) is 5.75 Å². The number of carbonyl (C=O) groups is 1. The van der Waals surface area contributed by atoms with Crippen molar-refractivity contribution in [2.24, 2.45) is 0 Å². The number of hydrogen-bond donors (Lipinski definition) is 1. The number of amides is 1. The first-order chi connectivity index (χ1) is 16.2. The molecule has 1 N–H and O–H groups in total. The van der Waals surface area contributed by atoms with Crippen LogP contribution in [0.1, 0.15) is 31.5 Å². The number of halogens is 3. The van der Waals surface area contributed by atoms with Crippen LogP contribution < -0.4 is 4.74 Å². The lowest BCUT2D eigenvalue weighted by atomic mass is 10.1. The van der Waals surface area contributed by atoms with Gasteiger partial charge in [0.05, 0.1) is 16.3 Å². The Balaban J connectivity index is 1.55. The Kier molecular flexibility index (Phi) is 9.28. The quantitative estimate of drug-likeness (QED) is 0.254. The van der Waals surface area contributed by atoms with Gasteiger partial charge in [-0.3, -0.25) is 10.0 Å². The Hall–Kier alpha value is -2.22. The van der Waals surface area contributed by atoms with Crippen LogP contribution in [-0.4, -0.2) is 70.4 Å². The molecule has 0 bridgehead atoms. The number of nitrogens with zero attached hydrogens (tertiary/aromatic N) is 4. The molecule has 1 atom stereocenters. The van der Waals surface area contributed by atoms with Gasteiger partial charge in [0.25, 0.3) is 0 Å². The Morgan fingerprint density at radius 2 is 1.94 bits per heavy atom. The van der Waals surface area contributed by atoms with Gasteiger partial charge in [0, 0.05) is 38.0 Å². The molecule has 2 heterocycles. The number of hydroxylamine groups is 2. The molecule has 1 aliphatic heterocycles. The highest BCUT2D eigenvalue weighted by atomic mass is 79.9. The highest BCUT2D eigenvalue weighted by molar-refractivity contribution is 9.10. The summed E-state index contributed by atoms with van der Waals surface area (Å²) in [5.74, 6) is -1.56. The minimum Gasteiger partial charge on any atom is -0.486 e. The van der Waals surface area contributed by atoms with Crippen molar-refractivity contribution in [1.82, 2.24) is 19.3 Å². The Bertz CT molecular complexity index is 1050. The van der Waals surface area contributed by atoms with E-state index in [0.717, 1.165) is 12.1 Å². The normalized spacial score (nSPS) is 16.2. The molecule has 1 unspecified atom stereocenters. The molecular weight excluding hydrogens is 538 g/mol. The number of hydrogen-bond acceptors (Lipinski definition) is 7. The molecule has 1 aromatic heterocycles. The minimum atomic E-state index is -3.80. The average Bonchev–Trinajstić information content (AvgIpc) is 2.81. The van der Waals surface area contributed by atoms with Gasteiger partial charge in [-0.2, -0.15) is 0 Å². The fourth-order valence-corrected chi connectivity index (χ4v) is 6.00. The van der Waals surface area contributed by atoms with Crippen LogP contribution in [0.3, 0.4) is 0 Å². The van der Waals surface area contributed by atoms with Gasteiger partial charge >= 0.3 is 0 Å². The molecule has 1 fully saturated rings. The second-order valence-corrected chi connectivity index (χ2v) is 10.8. The van der Waals surface area contributed by atoms with Gasteiger partial charge in [0.1, 0.15) is 17.7 Å². The van der Waals surface area contributed by atoms with Gasteiger partial charge in [-0.15, -0.1) is 0 Å². The Morgan fingerprint density at radius 3 is 2.56 bits per heavy atom. The number of aryl methyl sites for hydroxylation is 1. The van der Waals surface area contributed by atoms with Crippen LogP contribution in [0, 0.1) is 11.6 Å². The molecule has 3 rings (SSSR count). The number of sulfonamides is 1. The van der Waals surface area contributed by atoms with Gasteiger partial charge in [0.2, 0.25) is 16.4 Å². The molecular formula is C21H25BrF2N4O5S. The van der Waals surface area contributed by atoms with Gasteiger partial charge < -0.3 is 4.74 Å². The van der Waals surface area contributed by atoms with Crippen LogP contribution in [0.15, 0.2) is 35.1 Å². The van der Waals surface area contributed by atoms with E-state index in [9.17, 15) is 27.2 Å². The number of aromatic nitrogens is 2. The maximum Gasteiger partial charge on any atom is 0.233 e. The number of carbonyl (C=O) groups excluding carboxylic acids is 1. The molecule has 13 heteroatoms. The zero-order chi connectivity index (χ0) is 24.7. The molecule has 34 heavy (non-hydrogen) atoms. The fraction of sp³-hybridized carbons (Fsp3) is 0.476. The Morgan fingerprint density at radius 1 is 1.26 bits per heavy atom. The molecule has 1 aromatic carbocycles. The number of benzene rings is 1. The van der Waals surface area contributed by atoms with E-state index >= 15 is 0 Å². The Labute approximate surface area is 204 Å². The van der Waals surface area contributed by atoms with E-state index < -0.39 is 39.6 Å². The van der Waals surface area contributed by atoms with Crippen LogP contribution in [0.5, 0.6) is 5.75 Å². The molecule has 0 saturated carbocycles. The highest BCUT2D eigenvalue weighted by Crippen LogP contribution is 2.32.